The predicted octanol–water partition coefficient (Wildman–Crippen LogP) is 2.50. The highest BCUT2D eigenvalue weighted by atomic mass is 32.2. The zero-order chi connectivity index (χ0) is 14.9. The minimum absolute atomic E-state index is 0.166. The van der Waals surface area contributed by atoms with E-state index in [4.69, 9.17) is 4.55 Å². The van der Waals surface area contributed by atoms with Crippen LogP contribution >= 0.6 is 0 Å². The Bertz CT molecular complexity index is 539. The largest absolute Gasteiger partial charge is 0.372 e. The summed E-state index contributed by atoms with van der Waals surface area (Å²) in [4.78, 5) is 12.0. The monoisotopic (exact) mass is 308 g/mol. The number of carbonyl (C=O) groups excluding carboxylic acids is 1. The molecule has 0 saturated heterocycles. The van der Waals surface area contributed by atoms with Crippen LogP contribution in [0.3, 0.4) is 0 Å². The number of rotatable bonds is 3. The minimum atomic E-state index is -5.43. The molecule has 3 atom stereocenters. The maximum absolute atomic E-state index is 14.0. The van der Waals surface area contributed by atoms with Crippen molar-refractivity contribution in [3.63, 3.8) is 0 Å². The van der Waals surface area contributed by atoms with Crippen molar-refractivity contribution in [2.24, 2.45) is 29.1 Å². The summed E-state index contributed by atoms with van der Waals surface area (Å²) in [6.07, 6.45) is 2.72. The standard InChI is InChI=1S/C13H18F2O4S/c1-7(13(14,15)20(17,18)19)12-4-8-2-9(5-12)11(16)10(3-8)6-12/h7-10H,2-6H2,1H3,(H,17,18,19). The van der Waals surface area contributed by atoms with E-state index in [1.165, 1.54) is 6.92 Å². The van der Waals surface area contributed by atoms with Gasteiger partial charge in [-0.2, -0.15) is 17.2 Å². The van der Waals surface area contributed by atoms with Gasteiger partial charge >= 0.3 is 15.4 Å². The Morgan fingerprint density at radius 2 is 1.75 bits per heavy atom. The average Bonchev–Trinajstić information content (AvgIpc) is 2.32. The fourth-order valence-corrected chi connectivity index (χ4v) is 5.61. The first kappa shape index (κ1) is 14.4. The highest BCUT2D eigenvalue weighted by molar-refractivity contribution is 7.86. The van der Waals surface area contributed by atoms with Gasteiger partial charge in [-0.3, -0.25) is 9.35 Å². The van der Waals surface area contributed by atoms with Gasteiger partial charge in [0, 0.05) is 17.8 Å². The summed E-state index contributed by atoms with van der Waals surface area (Å²) in [6, 6.07) is 0. The maximum atomic E-state index is 14.0. The van der Waals surface area contributed by atoms with Gasteiger partial charge in [0.15, 0.2) is 0 Å². The number of carbonyl (C=O) groups is 1. The normalized spacial score (nSPS) is 42.0. The van der Waals surface area contributed by atoms with Crippen molar-refractivity contribution in [1.82, 2.24) is 0 Å². The zero-order valence-electron chi connectivity index (χ0n) is 11.2. The van der Waals surface area contributed by atoms with E-state index in [1.54, 1.807) is 0 Å². The van der Waals surface area contributed by atoms with E-state index in [0.29, 0.717) is 19.3 Å². The summed E-state index contributed by atoms with van der Waals surface area (Å²) in [5.74, 6) is -1.45. The predicted molar refractivity (Wildman–Crippen MR) is 66.7 cm³/mol. The van der Waals surface area contributed by atoms with Crippen LogP contribution in [-0.4, -0.2) is 24.0 Å². The van der Waals surface area contributed by atoms with E-state index in [2.05, 4.69) is 0 Å². The fraction of sp³-hybridized carbons (Fsp3) is 0.923. The Morgan fingerprint density at radius 3 is 2.20 bits per heavy atom. The van der Waals surface area contributed by atoms with Crippen LogP contribution in [0.15, 0.2) is 0 Å². The number of Topliss-reactive ketones (excluding diaryl/α,β-unsaturated/α-hetero) is 1. The lowest BCUT2D eigenvalue weighted by Gasteiger charge is -2.58. The second kappa shape index (κ2) is 4.00. The molecule has 4 saturated carbocycles. The van der Waals surface area contributed by atoms with Gasteiger partial charge in [-0.1, -0.05) is 6.92 Å². The van der Waals surface area contributed by atoms with Crippen molar-refractivity contribution in [2.75, 3.05) is 0 Å². The highest BCUT2D eigenvalue weighted by Crippen LogP contribution is 2.63. The number of hydrogen-bond acceptors (Lipinski definition) is 3. The topological polar surface area (TPSA) is 71.4 Å². The van der Waals surface area contributed by atoms with Crippen molar-refractivity contribution >= 4 is 15.9 Å². The third kappa shape index (κ3) is 1.78. The number of halogens is 2. The molecule has 114 valence electrons. The van der Waals surface area contributed by atoms with Crippen molar-refractivity contribution < 1.29 is 26.5 Å². The summed E-state index contributed by atoms with van der Waals surface area (Å²) in [5.41, 5.74) is -0.830. The van der Waals surface area contributed by atoms with Gasteiger partial charge in [0.2, 0.25) is 0 Å². The van der Waals surface area contributed by atoms with Gasteiger partial charge in [-0.15, -0.1) is 0 Å². The van der Waals surface area contributed by atoms with Gasteiger partial charge in [0.05, 0.1) is 0 Å². The molecule has 20 heavy (non-hydrogen) atoms. The SMILES string of the molecule is CC(C12CC3CC(C1)C(=O)C(C3)C2)C(F)(F)S(=O)(=O)O. The fourth-order valence-electron chi connectivity index (χ4n) is 4.92. The van der Waals surface area contributed by atoms with Crippen LogP contribution in [0.5, 0.6) is 0 Å². The molecule has 4 nitrogen and oxygen atoms in total. The summed E-state index contributed by atoms with van der Waals surface area (Å²) in [7, 11) is -5.43. The van der Waals surface area contributed by atoms with E-state index in [9.17, 15) is 22.0 Å². The van der Waals surface area contributed by atoms with Gasteiger partial charge in [-0.25, -0.2) is 0 Å². The van der Waals surface area contributed by atoms with Crippen LogP contribution in [0.2, 0.25) is 0 Å². The molecule has 0 aromatic carbocycles. The van der Waals surface area contributed by atoms with Crippen LogP contribution in [0.1, 0.15) is 39.0 Å². The molecule has 4 fully saturated rings. The molecule has 0 aromatic heterocycles. The molecule has 0 amide bonds. The van der Waals surface area contributed by atoms with Crippen molar-refractivity contribution in [3.8, 4) is 0 Å². The van der Waals surface area contributed by atoms with Gasteiger partial charge < -0.3 is 0 Å². The molecular formula is C13H18F2O4S. The third-order valence-corrected chi connectivity index (χ3v) is 6.85. The van der Waals surface area contributed by atoms with Gasteiger partial charge in [0.1, 0.15) is 5.78 Å². The van der Waals surface area contributed by atoms with Gasteiger partial charge in [-0.05, 0) is 43.4 Å². The lowest BCUT2D eigenvalue weighted by Crippen LogP contribution is -2.57. The summed E-state index contributed by atoms with van der Waals surface area (Å²) in [5, 5.41) is -4.15. The van der Waals surface area contributed by atoms with E-state index in [1.807, 2.05) is 0 Å². The summed E-state index contributed by atoms with van der Waals surface area (Å²) in [6.45, 7) is 1.20. The van der Waals surface area contributed by atoms with Crippen molar-refractivity contribution in [2.45, 2.75) is 44.3 Å². The van der Waals surface area contributed by atoms with Crippen molar-refractivity contribution in [1.29, 1.82) is 0 Å². The lowest BCUT2D eigenvalue weighted by molar-refractivity contribution is -0.163. The molecule has 4 rings (SSSR count). The molecule has 3 unspecified atom stereocenters. The molecule has 4 aliphatic rings. The number of ketones is 1. The first-order valence-electron chi connectivity index (χ1n) is 6.95. The lowest BCUT2D eigenvalue weighted by atomic mass is 9.46. The molecule has 7 heteroatoms. The number of hydrogen-bond donors (Lipinski definition) is 1. The zero-order valence-corrected chi connectivity index (χ0v) is 12.0. The molecule has 0 aromatic rings. The molecule has 4 aliphatic carbocycles. The van der Waals surface area contributed by atoms with Crippen LogP contribution in [-0.2, 0) is 14.9 Å². The Labute approximate surface area is 116 Å². The Balaban J connectivity index is 1.96. The Hall–Kier alpha value is -0.560. The quantitative estimate of drug-likeness (QED) is 0.813. The molecule has 0 heterocycles. The smallest absolute Gasteiger partial charge is 0.299 e. The maximum Gasteiger partial charge on any atom is 0.372 e. The molecule has 0 radical (unpaired) electrons. The van der Waals surface area contributed by atoms with Crippen LogP contribution in [0.25, 0.3) is 0 Å². The van der Waals surface area contributed by atoms with Crippen LogP contribution in [0.4, 0.5) is 8.78 Å². The molecule has 0 aliphatic heterocycles. The third-order valence-electron chi connectivity index (χ3n) is 5.81. The molecule has 0 spiro atoms. The van der Waals surface area contributed by atoms with E-state index < -0.39 is 26.7 Å². The molecule has 1 N–H and O–H groups in total. The Morgan fingerprint density at radius 1 is 1.25 bits per heavy atom. The van der Waals surface area contributed by atoms with E-state index >= 15 is 0 Å². The molecule has 4 bridgehead atoms. The first-order valence-corrected chi connectivity index (χ1v) is 8.39. The second-order valence-electron chi connectivity index (χ2n) is 6.87. The second-order valence-corrected chi connectivity index (χ2v) is 8.36. The van der Waals surface area contributed by atoms with Crippen LogP contribution < -0.4 is 0 Å². The first-order chi connectivity index (χ1) is 9.07. The Kier molecular flexibility index (Phi) is 2.88. The summed E-state index contributed by atoms with van der Waals surface area (Å²) >= 11 is 0. The van der Waals surface area contributed by atoms with Crippen LogP contribution in [0, 0.1) is 29.1 Å². The van der Waals surface area contributed by atoms with E-state index in [-0.39, 0.29) is 23.5 Å². The highest BCUT2D eigenvalue weighted by Gasteiger charge is 2.64. The average molecular weight is 308 g/mol. The summed E-state index contributed by atoms with van der Waals surface area (Å²) < 4.78 is 58.8. The van der Waals surface area contributed by atoms with Crippen molar-refractivity contribution in [3.05, 3.63) is 0 Å². The number of alkyl halides is 2. The van der Waals surface area contributed by atoms with Gasteiger partial charge in [0.25, 0.3) is 0 Å². The molecular weight excluding hydrogens is 290 g/mol. The van der Waals surface area contributed by atoms with E-state index in [0.717, 1.165) is 12.8 Å². The minimum Gasteiger partial charge on any atom is -0.299 e.